The van der Waals surface area contributed by atoms with Gasteiger partial charge in [0.05, 0.1) is 0 Å². The minimum absolute atomic E-state index is 0.0697. The maximum absolute atomic E-state index is 13.2. The Morgan fingerprint density at radius 1 is 1.24 bits per heavy atom. The quantitative estimate of drug-likeness (QED) is 0.699. The minimum Gasteiger partial charge on any atom is -0.481 e. The van der Waals surface area contributed by atoms with Crippen molar-refractivity contribution in [1.82, 2.24) is 5.32 Å². The second-order valence-electron chi connectivity index (χ2n) is 7.24. The van der Waals surface area contributed by atoms with Crippen LogP contribution in [0.25, 0.3) is 0 Å². The van der Waals surface area contributed by atoms with Crippen molar-refractivity contribution in [3.05, 3.63) is 35.6 Å². The highest BCUT2D eigenvalue weighted by Crippen LogP contribution is 2.32. The van der Waals surface area contributed by atoms with Gasteiger partial charge < -0.3 is 20.3 Å². The van der Waals surface area contributed by atoms with Gasteiger partial charge in [0.1, 0.15) is 16.8 Å². The number of carbonyl (C=O) groups is 2. The van der Waals surface area contributed by atoms with E-state index in [9.17, 15) is 24.2 Å². The van der Waals surface area contributed by atoms with Crippen LogP contribution >= 0.6 is 0 Å². The fraction of sp³-hybridized carbons (Fsp3) is 0.556. The number of nitrogens with one attached hydrogen (secondary N) is 1. The molecule has 140 valence electrons. The SMILES string of the molecule is CC(CO)CC(CNC(=O)OC(C)(C)C)(C(=O)O)c1ccc(F)cc1. The van der Waals surface area contributed by atoms with Crippen molar-refractivity contribution in [2.45, 2.75) is 45.1 Å². The van der Waals surface area contributed by atoms with Gasteiger partial charge in [-0.3, -0.25) is 4.79 Å². The van der Waals surface area contributed by atoms with Gasteiger partial charge in [0.25, 0.3) is 0 Å². The third kappa shape index (κ3) is 6.01. The number of hydrogen-bond donors (Lipinski definition) is 3. The predicted molar refractivity (Wildman–Crippen MR) is 90.8 cm³/mol. The van der Waals surface area contributed by atoms with Gasteiger partial charge in [-0.05, 0) is 50.8 Å². The summed E-state index contributed by atoms with van der Waals surface area (Å²) in [6, 6.07) is 5.10. The third-order valence-electron chi connectivity index (χ3n) is 3.75. The number of rotatable bonds is 7. The highest BCUT2D eigenvalue weighted by Gasteiger charge is 2.42. The van der Waals surface area contributed by atoms with Crippen LogP contribution in [0.2, 0.25) is 0 Å². The van der Waals surface area contributed by atoms with E-state index in [0.29, 0.717) is 5.56 Å². The number of hydrogen-bond acceptors (Lipinski definition) is 4. The number of carbonyl (C=O) groups excluding carboxylic acids is 1. The van der Waals surface area contributed by atoms with E-state index in [2.05, 4.69) is 5.32 Å². The molecule has 0 bridgehead atoms. The zero-order chi connectivity index (χ0) is 19.3. The monoisotopic (exact) mass is 355 g/mol. The lowest BCUT2D eigenvalue weighted by Gasteiger charge is -2.32. The van der Waals surface area contributed by atoms with E-state index in [0.717, 1.165) is 0 Å². The Hall–Kier alpha value is -2.15. The summed E-state index contributed by atoms with van der Waals surface area (Å²) >= 11 is 0. The van der Waals surface area contributed by atoms with Crippen LogP contribution in [0.5, 0.6) is 0 Å². The van der Waals surface area contributed by atoms with E-state index in [1.165, 1.54) is 24.3 Å². The molecule has 0 spiro atoms. The standard InChI is InChI=1S/C18H26FNO5/c1-12(10-21)9-18(15(22)23,13-5-7-14(19)8-6-13)11-20-16(24)25-17(2,3)4/h5-8,12,21H,9-11H2,1-4H3,(H,20,24)(H,22,23). The Morgan fingerprint density at radius 2 is 1.80 bits per heavy atom. The summed E-state index contributed by atoms with van der Waals surface area (Å²) in [5.74, 6) is -1.99. The number of aliphatic hydroxyl groups is 1. The van der Waals surface area contributed by atoms with Gasteiger partial charge in [-0.2, -0.15) is 0 Å². The number of halogens is 1. The van der Waals surface area contributed by atoms with Gasteiger partial charge in [0.15, 0.2) is 0 Å². The highest BCUT2D eigenvalue weighted by atomic mass is 19.1. The summed E-state index contributed by atoms with van der Waals surface area (Å²) in [7, 11) is 0. The third-order valence-corrected chi connectivity index (χ3v) is 3.75. The molecular weight excluding hydrogens is 329 g/mol. The summed E-state index contributed by atoms with van der Waals surface area (Å²) < 4.78 is 18.4. The number of carboxylic acids is 1. The van der Waals surface area contributed by atoms with Crippen LogP contribution in [-0.2, 0) is 14.9 Å². The zero-order valence-electron chi connectivity index (χ0n) is 15.0. The van der Waals surface area contributed by atoms with Gasteiger partial charge in [-0.15, -0.1) is 0 Å². The van der Waals surface area contributed by atoms with Crippen molar-refractivity contribution >= 4 is 12.1 Å². The Balaban J connectivity index is 3.14. The molecule has 0 fully saturated rings. The molecule has 7 heteroatoms. The van der Waals surface area contributed by atoms with Crippen molar-refractivity contribution in [2.24, 2.45) is 5.92 Å². The molecular formula is C18H26FNO5. The van der Waals surface area contributed by atoms with Gasteiger partial charge in [-0.25, -0.2) is 9.18 Å². The topological polar surface area (TPSA) is 95.9 Å². The van der Waals surface area contributed by atoms with Crippen LogP contribution in [0.15, 0.2) is 24.3 Å². The average Bonchev–Trinajstić information content (AvgIpc) is 2.50. The highest BCUT2D eigenvalue weighted by molar-refractivity contribution is 5.82. The molecule has 0 radical (unpaired) electrons. The Labute approximate surface area is 147 Å². The van der Waals surface area contributed by atoms with Gasteiger partial charge >= 0.3 is 12.1 Å². The lowest BCUT2D eigenvalue weighted by Crippen LogP contribution is -2.48. The number of amides is 1. The van der Waals surface area contributed by atoms with Crippen molar-refractivity contribution < 1.29 is 28.9 Å². The van der Waals surface area contributed by atoms with Crippen molar-refractivity contribution in [1.29, 1.82) is 0 Å². The molecule has 6 nitrogen and oxygen atoms in total. The molecule has 1 amide bonds. The van der Waals surface area contributed by atoms with E-state index < -0.39 is 28.9 Å². The predicted octanol–water partition coefficient (Wildman–Crippen LogP) is 2.69. The van der Waals surface area contributed by atoms with E-state index in [1.807, 2.05) is 0 Å². The van der Waals surface area contributed by atoms with E-state index in [1.54, 1.807) is 27.7 Å². The first-order valence-corrected chi connectivity index (χ1v) is 8.07. The van der Waals surface area contributed by atoms with Crippen LogP contribution in [0.1, 0.15) is 39.7 Å². The lowest BCUT2D eigenvalue weighted by atomic mass is 9.74. The average molecular weight is 355 g/mol. The smallest absolute Gasteiger partial charge is 0.407 e. The Kier molecular flexibility index (Phi) is 6.93. The van der Waals surface area contributed by atoms with Gasteiger partial charge in [0.2, 0.25) is 0 Å². The van der Waals surface area contributed by atoms with E-state index in [-0.39, 0.29) is 25.5 Å². The molecule has 0 aromatic heterocycles. The Bertz CT molecular complexity index is 596. The molecule has 0 heterocycles. The van der Waals surface area contributed by atoms with Crippen molar-refractivity contribution in [2.75, 3.05) is 13.2 Å². The van der Waals surface area contributed by atoms with Crippen LogP contribution in [0.4, 0.5) is 9.18 Å². The number of aliphatic carboxylic acids is 1. The summed E-state index contributed by atoms with van der Waals surface area (Å²) in [5.41, 5.74) is -1.88. The second kappa shape index (κ2) is 8.29. The first-order chi connectivity index (χ1) is 11.5. The largest absolute Gasteiger partial charge is 0.481 e. The molecule has 25 heavy (non-hydrogen) atoms. The van der Waals surface area contributed by atoms with Gasteiger partial charge in [0, 0.05) is 13.2 Å². The number of ether oxygens (including phenoxy) is 1. The van der Waals surface area contributed by atoms with Crippen LogP contribution in [-0.4, -0.2) is 41.0 Å². The van der Waals surface area contributed by atoms with Crippen LogP contribution in [0, 0.1) is 11.7 Å². The second-order valence-corrected chi connectivity index (χ2v) is 7.24. The van der Waals surface area contributed by atoms with Gasteiger partial charge in [-0.1, -0.05) is 19.1 Å². The fourth-order valence-corrected chi connectivity index (χ4v) is 2.54. The summed E-state index contributed by atoms with van der Waals surface area (Å²) in [4.78, 5) is 24.0. The molecule has 0 saturated carbocycles. The van der Waals surface area contributed by atoms with E-state index >= 15 is 0 Å². The zero-order valence-corrected chi connectivity index (χ0v) is 15.0. The molecule has 0 aliphatic heterocycles. The fourth-order valence-electron chi connectivity index (χ4n) is 2.54. The van der Waals surface area contributed by atoms with Crippen molar-refractivity contribution in [3.63, 3.8) is 0 Å². The molecule has 0 aliphatic rings. The molecule has 3 N–H and O–H groups in total. The lowest BCUT2D eigenvalue weighted by molar-refractivity contribution is -0.144. The minimum atomic E-state index is -1.51. The normalized spacial score (nSPS) is 15.1. The molecule has 1 rings (SSSR count). The molecule has 1 aromatic rings. The maximum Gasteiger partial charge on any atom is 0.407 e. The van der Waals surface area contributed by atoms with Crippen LogP contribution < -0.4 is 5.32 Å². The van der Waals surface area contributed by atoms with Crippen LogP contribution in [0.3, 0.4) is 0 Å². The summed E-state index contributed by atoms with van der Waals surface area (Å²) in [6.07, 6.45) is -0.669. The first-order valence-electron chi connectivity index (χ1n) is 8.07. The molecule has 0 saturated heterocycles. The maximum atomic E-state index is 13.2. The first kappa shape index (κ1) is 20.9. The Morgan fingerprint density at radius 3 is 2.24 bits per heavy atom. The summed E-state index contributed by atoms with van der Waals surface area (Å²) in [6.45, 7) is 6.35. The number of aliphatic hydroxyl groups excluding tert-OH is 1. The number of alkyl carbamates (subject to hydrolysis) is 1. The summed E-state index contributed by atoms with van der Waals surface area (Å²) in [5, 5.41) is 21.7. The number of benzene rings is 1. The van der Waals surface area contributed by atoms with E-state index in [4.69, 9.17) is 4.74 Å². The molecule has 1 aromatic carbocycles. The molecule has 2 atom stereocenters. The number of carboxylic acid groups (broad SMARTS) is 1. The molecule has 2 unspecified atom stereocenters. The molecule has 0 aliphatic carbocycles. The van der Waals surface area contributed by atoms with Crippen molar-refractivity contribution in [3.8, 4) is 0 Å².